The van der Waals surface area contributed by atoms with Crippen LogP contribution in [-0.2, 0) is 8.85 Å². The third-order valence-corrected chi connectivity index (χ3v) is 17.3. The van der Waals surface area contributed by atoms with E-state index in [0.29, 0.717) is 15.0 Å². The van der Waals surface area contributed by atoms with Crippen LogP contribution in [0.1, 0.15) is 41.5 Å². The van der Waals surface area contributed by atoms with Gasteiger partial charge in [0, 0.05) is 0 Å². The van der Waals surface area contributed by atoms with Crippen molar-refractivity contribution < 1.29 is 8.85 Å². The van der Waals surface area contributed by atoms with Crippen LogP contribution in [0.5, 0.6) is 0 Å². The molecule has 0 aromatic rings. The summed E-state index contributed by atoms with van der Waals surface area (Å²) >= 11 is 0.300. The molecule has 0 spiro atoms. The van der Waals surface area contributed by atoms with Gasteiger partial charge in [-0.1, -0.05) is 0 Å². The van der Waals surface area contributed by atoms with E-state index in [9.17, 15) is 5.26 Å². The Balaban J connectivity index is 2.99. The summed E-state index contributed by atoms with van der Waals surface area (Å²) in [4.78, 5) is 0.0337. The van der Waals surface area contributed by atoms with E-state index >= 15 is 0 Å². The third-order valence-electron chi connectivity index (χ3n) is 5.72. The Kier molecular flexibility index (Phi) is 6.45. The zero-order valence-corrected chi connectivity index (χ0v) is 20.3. The van der Waals surface area contributed by atoms with Crippen molar-refractivity contribution in [2.45, 2.75) is 100 Å². The molecule has 1 aliphatic rings. The Morgan fingerprint density at radius 1 is 0.913 bits per heavy atom. The Hall–Kier alpha value is 0.363. The standard InChI is InChI=1S/C17H35NO2SeSi2/c1-16(2,3)22(7,8)19-13-12-21-14(11-18)15(13)20-23(9,10)17(4,5)6/h13-15H,12H2,1-10H3/t13-,14?,15+/m0/s1. The Morgan fingerprint density at radius 2 is 1.35 bits per heavy atom. The molecule has 1 aliphatic heterocycles. The molecule has 134 valence electrons. The summed E-state index contributed by atoms with van der Waals surface area (Å²) in [7, 11) is -3.74. The first-order chi connectivity index (χ1) is 10.1. The summed E-state index contributed by atoms with van der Waals surface area (Å²) in [6, 6.07) is 2.50. The molecule has 1 heterocycles. The molecule has 0 aliphatic carbocycles. The van der Waals surface area contributed by atoms with Crippen LogP contribution in [0.25, 0.3) is 0 Å². The predicted octanol–water partition coefficient (Wildman–Crippen LogP) is 5.22. The molecule has 1 rings (SSSR count). The summed E-state index contributed by atoms with van der Waals surface area (Å²) in [6.07, 6.45) is 0.0738. The summed E-state index contributed by atoms with van der Waals surface area (Å²) in [5, 5.41) is 10.9. The predicted molar refractivity (Wildman–Crippen MR) is 104 cm³/mol. The number of hydrogen-bond acceptors (Lipinski definition) is 3. The van der Waals surface area contributed by atoms with Crippen molar-refractivity contribution in [2.75, 3.05) is 0 Å². The van der Waals surface area contributed by atoms with Gasteiger partial charge in [-0.25, -0.2) is 0 Å². The zero-order chi connectivity index (χ0) is 18.3. The maximum absolute atomic E-state index is 9.57. The van der Waals surface area contributed by atoms with Crippen molar-refractivity contribution in [3.05, 3.63) is 0 Å². The Morgan fingerprint density at radius 3 is 1.74 bits per heavy atom. The second-order valence-corrected chi connectivity index (χ2v) is 21.6. The topological polar surface area (TPSA) is 42.2 Å². The second kappa shape index (κ2) is 6.93. The number of rotatable bonds is 4. The van der Waals surface area contributed by atoms with Gasteiger partial charge in [-0.3, -0.25) is 0 Å². The minimum atomic E-state index is -1.90. The van der Waals surface area contributed by atoms with Gasteiger partial charge in [0.2, 0.25) is 0 Å². The van der Waals surface area contributed by atoms with Crippen molar-refractivity contribution in [1.82, 2.24) is 0 Å². The van der Waals surface area contributed by atoms with Gasteiger partial charge in [0.15, 0.2) is 0 Å². The van der Waals surface area contributed by atoms with E-state index in [0.717, 1.165) is 5.32 Å². The molecule has 0 amide bonds. The van der Waals surface area contributed by atoms with Crippen LogP contribution in [0.2, 0.25) is 46.4 Å². The molecule has 0 aromatic carbocycles. The van der Waals surface area contributed by atoms with Gasteiger partial charge >= 0.3 is 152 Å². The summed E-state index contributed by atoms with van der Waals surface area (Å²) in [5.41, 5.74) is 0. The minimum absolute atomic E-state index is 0.0324. The van der Waals surface area contributed by atoms with Crippen molar-refractivity contribution in [2.24, 2.45) is 0 Å². The molecule has 23 heavy (non-hydrogen) atoms. The average Bonchev–Trinajstić information content (AvgIpc) is 2.67. The first-order valence-electron chi connectivity index (χ1n) is 8.49. The molecule has 6 heteroatoms. The molecule has 3 atom stereocenters. The van der Waals surface area contributed by atoms with Gasteiger partial charge in [0.05, 0.1) is 0 Å². The van der Waals surface area contributed by atoms with E-state index in [1.54, 1.807) is 0 Å². The van der Waals surface area contributed by atoms with Gasteiger partial charge in [0.1, 0.15) is 0 Å². The van der Waals surface area contributed by atoms with Crippen LogP contribution in [-0.4, -0.2) is 43.8 Å². The van der Waals surface area contributed by atoms with Crippen LogP contribution in [0, 0.1) is 11.3 Å². The van der Waals surface area contributed by atoms with Gasteiger partial charge in [0.25, 0.3) is 0 Å². The van der Waals surface area contributed by atoms with Crippen molar-refractivity contribution in [3.8, 4) is 6.07 Å². The molecular formula is C17H35NO2SeSi2. The second-order valence-electron chi connectivity index (χ2n) is 9.64. The first-order valence-corrected chi connectivity index (χ1v) is 16.5. The van der Waals surface area contributed by atoms with Crippen molar-refractivity contribution >= 4 is 31.6 Å². The fourth-order valence-corrected chi connectivity index (χ4v) is 7.56. The monoisotopic (exact) mass is 421 g/mol. The molecule has 0 aromatic heterocycles. The number of nitriles is 1. The van der Waals surface area contributed by atoms with Gasteiger partial charge in [-0.05, 0) is 0 Å². The quantitative estimate of drug-likeness (QED) is 0.586. The molecule has 0 saturated carbocycles. The van der Waals surface area contributed by atoms with Gasteiger partial charge in [-0.2, -0.15) is 0 Å². The molecule has 3 nitrogen and oxygen atoms in total. The fourth-order valence-electron chi connectivity index (χ4n) is 2.00. The van der Waals surface area contributed by atoms with Crippen LogP contribution < -0.4 is 0 Å². The molecule has 0 bridgehead atoms. The zero-order valence-electron chi connectivity index (χ0n) is 16.6. The van der Waals surface area contributed by atoms with Gasteiger partial charge < -0.3 is 0 Å². The summed E-state index contributed by atoms with van der Waals surface area (Å²) in [6.45, 7) is 22.7. The van der Waals surface area contributed by atoms with E-state index in [1.807, 2.05) is 0 Å². The molecule has 0 radical (unpaired) electrons. The molecule has 0 N–H and O–H groups in total. The first kappa shape index (κ1) is 21.4. The Bertz CT molecular complexity index is 461. The fraction of sp³-hybridized carbons (Fsp3) is 0.941. The molecule has 1 unspecified atom stereocenters. The van der Waals surface area contributed by atoms with E-state index in [1.165, 1.54) is 0 Å². The van der Waals surface area contributed by atoms with Gasteiger partial charge in [-0.15, -0.1) is 0 Å². The number of hydrogen-bond donors (Lipinski definition) is 0. The van der Waals surface area contributed by atoms with Crippen molar-refractivity contribution in [3.63, 3.8) is 0 Å². The molecule has 1 fully saturated rings. The van der Waals surface area contributed by atoms with Crippen molar-refractivity contribution in [1.29, 1.82) is 5.26 Å². The van der Waals surface area contributed by atoms with Crippen LogP contribution >= 0.6 is 0 Å². The van der Waals surface area contributed by atoms with E-state index in [-0.39, 0.29) is 27.1 Å². The summed E-state index contributed by atoms with van der Waals surface area (Å²) < 4.78 is 13.3. The van der Waals surface area contributed by atoms with Crippen LogP contribution in [0.3, 0.4) is 0 Å². The Labute approximate surface area is 151 Å². The summed E-state index contributed by atoms with van der Waals surface area (Å²) in [5.74, 6) is 0. The third kappa shape index (κ3) is 4.93. The molecular weight excluding hydrogens is 385 g/mol. The number of nitrogens with zero attached hydrogens (tertiary/aromatic N) is 1. The maximum atomic E-state index is 9.57. The van der Waals surface area contributed by atoms with E-state index in [2.05, 4.69) is 73.8 Å². The SMILES string of the molecule is CC(C)(C)[Si](C)(C)O[C@H]1C[Se]C(C#N)[C@@H]1O[Si](C)(C)C(C)(C)C. The van der Waals surface area contributed by atoms with E-state index in [4.69, 9.17) is 8.85 Å². The molecule has 1 saturated heterocycles. The van der Waals surface area contributed by atoms with E-state index < -0.39 is 16.6 Å². The average molecular weight is 421 g/mol. The van der Waals surface area contributed by atoms with Crippen LogP contribution in [0.4, 0.5) is 0 Å². The normalized spacial score (nSPS) is 27.1. The van der Waals surface area contributed by atoms with Crippen LogP contribution in [0.15, 0.2) is 0 Å².